The van der Waals surface area contributed by atoms with E-state index in [1.807, 2.05) is 30.3 Å². The van der Waals surface area contributed by atoms with Crippen LogP contribution in [0, 0.1) is 6.92 Å². The van der Waals surface area contributed by atoms with Crippen molar-refractivity contribution in [1.29, 1.82) is 0 Å². The summed E-state index contributed by atoms with van der Waals surface area (Å²) in [7, 11) is 0. The molecule has 3 heteroatoms. The summed E-state index contributed by atoms with van der Waals surface area (Å²) in [4.78, 5) is 11.7. The molecule has 20 heavy (non-hydrogen) atoms. The van der Waals surface area contributed by atoms with Crippen LogP contribution in [0.2, 0.25) is 0 Å². The zero-order chi connectivity index (χ0) is 14.2. The molecule has 3 nitrogen and oxygen atoms in total. The minimum Gasteiger partial charge on any atom is -0.462 e. The third-order valence-corrected chi connectivity index (χ3v) is 2.94. The van der Waals surface area contributed by atoms with Gasteiger partial charge in [0.15, 0.2) is 0 Å². The van der Waals surface area contributed by atoms with Gasteiger partial charge in [0.25, 0.3) is 0 Å². The fourth-order valence-electron chi connectivity index (χ4n) is 1.80. The highest BCUT2D eigenvalue weighted by Crippen LogP contribution is 2.08. The largest absolute Gasteiger partial charge is 0.462 e. The van der Waals surface area contributed by atoms with Gasteiger partial charge in [0.2, 0.25) is 0 Å². The van der Waals surface area contributed by atoms with Crippen LogP contribution in [0.15, 0.2) is 54.6 Å². The summed E-state index contributed by atoms with van der Waals surface area (Å²) >= 11 is 0. The number of benzene rings is 2. The summed E-state index contributed by atoms with van der Waals surface area (Å²) in [5.41, 5.74) is 2.93. The summed E-state index contributed by atoms with van der Waals surface area (Å²) in [5, 5.41) is 3.29. The Balaban J connectivity index is 1.64. The van der Waals surface area contributed by atoms with Crippen molar-refractivity contribution in [1.82, 2.24) is 0 Å². The summed E-state index contributed by atoms with van der Waals surface area (Å²) in [6.45, 7) is 3.27. The first-order valence-electron chi connectivity index (χ1n) is 6.78. The van der Waals surface area contributed by atoms with Crippen LogP contribution in [0.25, 0.3) is 0 Å². The molecule has 0 aliphatic heterocycles. The van der Waals surface area contributed by atoms with Crippen molar-refractivity contribution in [2.75, 3.05) is 18.5 Å². The lowest BCUT2D eigenvalue weighted by atomic mass is 10.2. The molecule has 0 fully saturated rings. The van der Waals surface area contributed by atoms with Gasteiger partial charge < -0.3 is 10.1 Å². The topological polar surface area (TPSA) is 38.3 Å². The second-order valence-corrected chi connectivity index (χ2v) is 4.65. The number of aryl methyl sites for hydroxylation is 1. The van der Waals surface area contributed by atoms with Gasteiger partial charge in [-0.1, -0.05) is 35.9 Å². The molecular formula is C17H19NO2. The van der Waals surface area contributed by atoms with Gasteiger partial charge in [-0.25, -0.2) is 4.79 Å². The van der Waals surface area contributed by atoms with E-state index < -0.39 is 0 Å². The molecule has 0 aliphatic carbocycles. The van der Waals surface area contributed by atoms with Crippen molar-refractivity contribution in [2.24, 2.45) is 0 Å². The molecular weight excluding hydrogens is 250 g/mol. The first-order chi connectivity index (χ1) is 9.75. The van der Waals surface area contributed by atoms with E-state index in [0.29, 0.717) is 12.2 Å². The van der Waals surface area contributed by atoms with Crippen LogP contribution in [0.3, 0.4) is 0 Å². The third kappa shape index (κ3) is 4.43. The zero-order valence-electron chi connectivity index (χ0n) is 11.6. The second-order valence-electron chi connectivity index (χ2n) is 4.65. The predicted molar refractivity (Wildman–Crippen MR) is 81.0 cm³/mol. The lowest BCUT2D eigenvalue weighted by molar-refractivity contribution is 0.0504. The molecule has 0 bridgehead atoms. The highest BCUT2D eigenvalue weighted by Gasteiger charge is 2.04. The lowest BCUT2D eigenvalue weighted by Gasteiger charge is -2.07. The number of anilines is 1. The van der Waals surface area contributed by atoms with Crippen LogP contribution in [-0.4, -0.2) is 19.1 Å². The van der Waals surface area contributed by atoms with E-state index in [1.165, 1.54) is 5.56 Å². The van der Waals surface area contributed by atoms with Crippen molar-refractivity contribution < 1.29 is 9.53 Å². The zero-order valence-corrected chi connectivity index (χ0v) is 11.6. The van der Waals surface area contributed by atoms with Crippen molar-refractivity contribution in [3.8, 4) is 0 Å². The predicted octanol–water partition coefficient (Wildman–Crippen LogP) is 3.65. The SMILES string of the molecule is Cc1ccc(NCCCOC(=O)c2ccccc2)cc1. The Morgan fingerprint density at radius 3 is 2.45 bits per heavy atom. The summed E-state index contributed by atoms with van der Waals surface area (Å²) in [6, 6.07) is 17.3. The van der Waals surface area contributed by atoms with E-state index in [9.17, 15) is 4.79 Å². The minimum absolute atomic E-state index is 0.263. The van der Waals surface area contributed by atoms with Crippen molar-refractivity contribution in [3.63, 3.8) is 0 Å². The van der Waals surface area contributed by atoms with Gasteiger partial charge in [0.1, 0.15) is 0 Å². The fraction of sp³-hybridized carbons (Fsp3) is 0.235. The van der Waals surface area contributed by atoms with Crippen molar-refractivity contribution >= 4 is 11.7 Å². The molecule has 0 aromatic heterocycles. The maximum absolute atomic E-state index is 11.7. The van der Waals surface area contributed by atoms with Gasteiger partial charge in [-0.3, -0.25) is 0 Å². The Hall–Kier alpha value is -2.29. The monoisotopic (exact) mass is 269 g/mol. The molecule has 2 aromatic rings. The molecule has 2 rings (SSSR count). The molecule has 0 amide bonds. The maximum atomic E-state index is 11.7. The minimum atomic E-state index is -0.263. The molecule has 0 radical (unpaired) electrons. The summed E-state index contributed by atoms with van der Waals surface area (Å²) in [6.07, 6.45) is 0.784. The number of carbonyl (C=O) groups excluding carboxylic acids is 1. The van der Waals surface area contributed by atoms with E-state index in [1.54, 1.807) is 12.1 Å². The van der Waals surface area contributed by atoms with Gasteiger partial charge in [0, 0.05) is 12.2 Å². The van der Waals surface area contributed by atoms with Crippen LogP contribution >= 0.6 is 0 Å². The number of rotatable bonds is 6. The number of hydrogen-bond donors (Lipinski definition) is 1. The van der Waals surface area contributed by atoms with E-state index >= 15 is 0 Å². The smallest absolute Gasteiger partial charge is 0.338 e. The van der Waals surface area contributed by atoms with Crippen LogP contribution in [-0.2, 0) is 4.74 Å². The fourth-order valence-corrected chi connectivity index (χ4v) is 1.80. The van der Waals surface area contributed by atoms with E-state index in [0.717, 1.165) is 18.7 Å². The van der Waals surface area contributed by atoms with Crippen LogP contribution in [0.4, 0.5) is 5.69 Å². The quantitative estimate of drug-likeness (QED) is 0.642. The standard InChI is InChI=1S/C17H19NO2/c1-14-8-10-16(11-9-14)18-12-5-13-20-17(19)15-6-3-2-4-7-15/h2-4,6-11,18H,5,12-13H2,1H3. The van der Waals surface area contributed by atoms with Crippen molar-refractivity contribution in [3.05, 3.63) is 65.7 Å². The Morgan fingerprint density at radius 2 is 1.75 bits per heavy atom. The Kier molecular flexibility index (Phi) is 5.18. The first-order valence-corrected chi connectivity index (χ1v) is 6.78. The van der Waals surface area contributed by atoms with E-state index in [2.05, 4.69) is 24.4 Å². The van der Waals surface area contributed by atoms with Gasteiger partial charge in [-0.2, -0.15) is 0 Å². The van der Waals surface area contributed by atoms with E-state index in [-0.39, 0.29) is 5.97 Å². The maximum Gasteiger partial charge on any atom is 0.338 e. The third-order valence-electron chi connectivity index (χ3n) is 2.94. The molecule has 0 saturated heterocycles. The van der Waals surface area contributed by atoms with Gasteiger partial charge in [-0.05, 0) is 37.6 Å². The highest BCUT2D eigenvalue weighted by molar-refractivity contribution is 5.89. The molecule has 0 atom stereocenters. The number of esters is 1. The van der Waals surface area contributed by atoms with Gasteiger partial charge >= 0.3 is 5.97 Å². The summed E-state index contributed by atoms with van der Waals surface area (Å²) in [5.74, 6) is -0.263. The Labute approximate surface area is 119 Å². The average molecular weight is 269 g/mol. The van der Waals surface area contributed by atoms with Crippen LogP contribution in [0.1, 0.15) is 22.3 Å². The molecule has 1 N–H and O–H groups in total. The normalized spacial score (nSPS) is 10.1. The first kappa shape index (κ1) is 14.1. The molecule has 104 valence electrons. The van der Waals surface area contributed by atoms with Crippen LogP contribution < -0.4 is 5.32 Å². The molecule has 2 aromatic carbocycles. The Morgan fingerprint density at radius 1 is 1.05 bits per heavy atom. The number of hydrogen-bond acceptors (Lipinski definition) is 3. The van der Waals surface area contributed by atoms with Crippen LogP contribution in [0.5, 0.6) is 0 Å². The number of nitrogens with one attached hydrogen (secondary N) is 1. The van der Waals surface area contributed by atoms with Gasteiger partial charge in [-0.15, -0.1) is 0 Å². The molecule has 0 unspecified atom stereocenters. The van der Waals surface area contributed by atoms with E-state index in [4.69, 9.17) is 4.74 Å². The number of ether oxygens (including phenoxy) is 1. The second kappa shape index (κ2) is 7.34. The number of carbonyl (C=O) groups is 1. The van der Waals surface area contributed by atoms with Crippen molar-refractivity contribution in [2.45, 2.75) is 13.3 Å². The van der Waals surface area contributed by atoms with Gasteiger partial charge in [0.05, 0.1) is 12.2 Å². The molecule has 0 aliphatic rings. The highest BCUT2D eigenvalue weighted by atomic mass is 16.5. The average Bonchev–Trinajstić information content (AvgIpc) is 2.49. The molecule has 0 spiro atoms. The molecule has 0 saturated carbocycles. The molecule has 0 heterocycles. The Bertz CT molecular complexity index is 535. The lowest BCUT2D eigenvalue weighted by Crippen LogP contribution is -2.10. The summed E-state index contributed by atoms with van der Waals surface area (Å²) < 4.78 is 5.21.